The summed E-state index contributed by atoms with van der Waals surface area (Å²) in [5.74, 6) is -0.231. The summed E-state index contributed by atoms with van der Waals surface area (Å²) >= 11 is 0. The van der Waals surface area contributed by atoms with Crippen LogP contribution >= 0.6 is 0 Å². The van der Waals surface area contributed by atoms with Gasteiger partial charge >= 0.3 is 5.97 Å². The third-order valence-electron chi connectivity index (χ3n) is 3.35. The molecule has 5 nitrogen and oxygen atoms in total. The number of likely N-dealkylation sites (N-methyl/N-ethyl adjacent to an activating group) is 1. The Labute approximate surface area is 121 Å². The number of carboxylic acid groups (broad SMARTS) is 1. The quantitative estimate of drug-likeness (QED) is 0.752. The second-order valence-corrected chi connectivity index (χ2v) is 4.70. The van der Waals surface area contributed by atoms with Crippen LogP contribution in [-0.4, -0.2) is 53.7 Å². The molecule has 5 heteroatoms. The summed E-state index contributed by atoms with van der Waals surface area (Å²) in [7, 11) is 0. The molecule has 1 rings (SSSR count). The molecule has 0 fully saturated rings. The first-order valence-corrected chi connectivity index (χ1v) is 7.30. The maximum Gasteiger partial charge on any atom is 0.354 e. The SMILES string of the molecule is CCCN(CCN(CC)CC)c1cccc(C(=O)O)n1. The van der Waals surface area contributed by atoms with Gasteiger partial charge < -0.3 is 14.9 Å². The summed E-state index contributed by atoms with van der Waals surface area (Å²) in [6.45, 7) is 11.2. The van der Waals surface area contributed by atoms with E-state index in [1.807, 2.05) is 6.07 Å². The van der Waals surface area contributed by atoms with Crippen LogP contribution in [-0.2, 0) is 0 Å². The van der Waals surface area contributed by atoms with Crippen LogP contribution in [0.2, 0.25) is 0 Å². The second kappa shape index (κ2) is 8.53. The zero-order valence-electron chi connectivity index (χ0n) is 12.7. The van der Waals surface area contributed by atoms with E-state index in [0.29, 0.717) is 0 Å². The monoisotopic (exact) mass is 279 g/mol. The van der Waals surface area contributed by atoms with E-state index < -0.39 is 5.97 Å². The molecule has 0 spiro atoms. The van der Waals surface area contributed by atoms with Gasteiger partial charge in [-0.1, -0.05) is 26.8 Å². The van der Waals surface area contributed by atoms with Gasteiger partial charge in [-0.15, -0.1) is 0 Å². The molecule has 20 heavy (non-hydrogen) atoms. The highest BCUT2D eigenvalue weighted by Gasteiger charge is 2.11. The second-order valence-electron chi connectivity index (χ2n) is 4.70. The molecule has 0 bridgehead atoms. The topological polar surface area (TPSA) is 56.7 Å². The Balaban J connectivity index is 2.79. The van der Waals surface area contributed by atoms with Gasteiger partial charge in [0, 0.05) is 19.6 Å². The molecule has 1 heterocycles. The molecule has 1 aromatic rings. The number of aromatic nitrogens is 1. The molecule has 0 aliphatic heterocycles. The van der Waals surface area contributed by atoms with Crippen molar-refractivity contribution in [2.75, 3.05) is 37.6 Å². The van der Waals surface area contributed by atoms with Gasteiger partial charge in [0.15, 0.2) is 5.69 Å². The smallest absolute Gasteiger partial charge is 0.354 e. The summed E-state index contributed by atoms with van der Waals surface area (Å²) < 4.78 is 0. The highest BCUT2D eigenvalue weighted by atomic mass is 16.4. The lowest BCUT2D eigenvalue weighted by atomic mass is 10.3. The number of hydrogen-bond donors (Lipinski definition) is 1. The zero-order valence-corrected chi connectivity index (χ0v) is 12.7. The van der Waals surface area contributed by atoms with Crippen LogP contribution in [0.5, 0.6) is 0 Å². The van der Waals surface area contributed by atoms with Crippen molar-refractivity contribution >= 4 is 11.8 Å². The predicted molar refractivity (Wildman–Crippen MR) is 81.5 cm³/mol. The Kier molecular flexibility index (Phi) is 7.01. The number of pyridine rings is 1. The van der Waals surface area contributed by atoms with Crippen LogP contribution in [0.25, 0.3) is 0 Å². The van der Waals surface area contributed by atoms with E-state index >= 15 is 0 Å². The van der Waals surface area contributed by atoms with Crippen molar-refractivity contribution < 1.29 is 9.90 Å². The first-order chi connectivity index (χ1) is 9.62. The number of aromatic carboxylic acids is 1. The van der Waals surface area contributed by atoms with Crippen molar-refractivity contribution in [3.63, 3.8) is 0 Å². The number of hydrogen-bond acceptors (Lipinski definition) is 4. The van der Waals surface area contributed by atoms with Gasteiger partial charge in [0.05, 0.1) is 0 Å². The standard InChI is InChI=1S/C15H25N3O2/c1-4-10-18(12-11-17(5-2)6-3)14-9-7-8-13(16-14)15(19)20/h7-9H,4-6,10-12H2,1-3H3,(H,19,20). The van der Waals surface area contributed by atoms with Crippen LogP contribution in [0.4, 0.5) is 5.82 Å². The fourth-order valence-electron chi connectivity index (χ4n) is 2.13. The largest absolute Gasteiger partial charge is 0.477 e. The molecule has 1 N–H and O–H groups in total. The number of rotatable bonds is 9. The van der Waals surface area contributed by atoms with Crippen LogP contribution in [0.1, 0.15) is 37.7 Å². The molecule has 0 aliphatic carbocycles. The Morgan fingerprint density at radius 2 is 1.85 bits per heavy atom. The van der Waals surface area contributed by atoms with E-state index in [-0.39, 0.29) is 5.69 Å². The minimum Gasteiger partial charge on any atom is -0.477 e. The molecule has 0 radical (unpaired) electrons. The molecule has 0 saturated carbocycles. The highest BCUT2D eigenvalue weighted by Crippen LogP contribution is 2.12. The maximum absolute atomic E-state index is 11.0. The molecule has 0 saturated heterocycles. The Bertz CT molecular complexity index is 419. The third kappa shape index (κ3) is 4.81. The van der Waals surface area contributed by atoms with Gasteiger partial charge in [0.25, 0.3) is 0 Å². The van der Waals surface area contributed by atoms with Crippen molar-refractivity contribution in [1.82, 2.24) is 9.88 Å². The molecule has 0 aliphatic rings. The average Bonchev–Trinajstić information content (AvgIpc) is 2.47. The van der Waals surface area contributed by atoms with Crippen molar-refractivity contribution in [3.05, 3.63) is 23.9 Å². The summed E-state index contributed by atoms with van der Waals surface area (Å²) in [4.78, 5) is 19.7. The van der Waals surface area contributed by atoms with Crippen molar-refractivity contribution in [2.45, 2.75) is 27.2 Å². The summed E-state index contributed by atoms with van der Waals surface area (Å²) in [6.07, 6.45) is 1.01. The van der Waals surface area contributed by atoms with Crippen LogP contribution in [0, 0.1) is 0 Å². The number of carboxylic acids is 1. The molecular formula is C15H25N3O2. The predicted octanol–water partition coefficient (Wildman–Crippen LogP) is 2.34. The zero-order chi connectivity index (χ0) is 15.0. The summed E-state index contributed by atoms with van der Waals surface area (Å²) in [5.41, 5.74) is 0.103. The maximum atomic E-state index is 11.0. The Hall–Kier alpha value is -1.62. The van der Waals surface area contributed by atoms with Gasteiger partial charge in [0.1, 0.15) is 5.82 Å². The minimum atomic E-state index is -0.980. The molecule has 0 aromatic carbocycles. The third-order valence-corrected chi connectivity index (χ3v) is 3.35. The van der Waals surface area contributed by atoms with E-state index in [2.05, 4.69) is 35.6 Å². The number of carbonyl (C=O) groups is 1. The van der Waals surface area contributed by atoms with E-state index in [1.54, 1.807) is 6.07 Å². The van der Waals surface area contributed by atoms with Crippen LogP contribution < -0.4 is 4.90 Å². The van der Waals surface area contributed by atoms with Gasteiger partial charge in [-0.05, 0) is 31.6 Å². The highest BCUT2D eigenvalue weighted by molar-refractivity contribution is 5.85. The van der Waals surface area contributed by atoms with Crippen molar-refractivity contribution in [3.8, 4) is 0 Å². The van der Waals surface area contributed by atoms with Gasteiger partial charge in [-0.2, -0.15) is 0 Å². The lowest BCUT2D eigenvalue weighted by molar-refractivity contribution is 0.0690. The fourth-order valence-corrected chi connectivity index (χ4v) is 2.13. The normalized spacial score (nSPS) is 10.8. The molecule has 0 amide bonds. The van der Waals surface area contributed by atoms with E-state index in [4.69, 9.17) is 5.11 Å². The van der Waals surface area contributed by atoms with Crippen LogP contribution in [0.15, 0.2) is 18.2 Å². The summed E-state index contributed by atoms with van der Waals surface area (Å²) in [5, 5.41) is 9.03. The van der Waals surface area contributed by atoms with Gasteiger partial charge in [-0.25, -0.2) is 9.78 Å². The molecule has 112 valence electrons. The lowest BCUT2D eigenvalue weighted by Crippen LogP contribution is -2.36. The van der Waals surface area contributed by atoms with Crippen LogP contribution in [0.3, 0.4) is 0 Å². The molecule has 0 atom stereocenters. The number of nitrogens with zero attached hydrogens (tertiary/aromatic N) is 3. The summed E-state index contributed by atoms with van der Waals surface area (Å²) in [6, 6.07) is 5.16. The molecule has 0 unspecified atom stereocenters. The first kappa shape index (κ1) is 16.4. The van der Waals surface area contributed by atoms with E-state index in [1.165, 1.54) is 6.07 Å². The number of anilines is 1. The average molecular weight is 279 g/mol. The van der Waals surface area contributed by atoms with Crippen molar-refractivity contribution in [1.29, 1.82) is 0 Å². The fraction of sp³-hybridized carbons (Fsp3) is 0.600. The van der Waals surface area contributed by atoms with Gasteiger partial charge in [-0.3, -0.25) is 0 Å². The Morgan fingerprint density at radius 3 is 2.40 bits per heavy atom. The lowest BCUT2D eigenvalue weighted by Gasteiger charge is -2.27. The van der Waals surface area contributed by atoms with Crippen molar-refractivity contribution in [2.24, 2.45) is 0 Å². The van der Waals surface area contributed by atoms with E-state index in [0.717, 1.165) is 45.0 Å². The first-order valence-electron chi connectivity index (χ1n) is 7.30. The molecular weight excluding hydrogens is 254 g/mol. The Morgan fingerprint density at radius 1 is 1.15 bits per heavy atom. The minimum absolute atomic E-state index is 0.103. The van der Waals surface area contributed by atoms with Gasteiger partial charge in [0.2, 0.25) is 0 Å². The van der Waals surface area contributed by atoms with E-state index in [9.17, 15) is 4.79 Å². The molecule has 1 aromatic heterocycles.